The van der Waals surface area contributed by atoms with E-state index in [9.17, 15) is 0 Å². The van der Waals surface area contributed by atoms with E-state index in [0.717, 1.165) is 38.5 Å². The number of benzene rings is 1. The van der Waals surface area contributed by atoms with E-state index in [-0.39, 0.29) is 0 Å². The molecule has 0 unspecified atom stereocenters. The lowest BCUT2D eigenvalue weighted by atomic mass is 10.1. The average molecular weight is 331 g/mol. The normalized spacial score (nSPS) is 11.0. The molecule has 0 N–H and O–H groups in total. The van der Waals surface area contributed by atoms with Crippen molar-refractivity contribution in [3.8, 4) is 17.0 Å². The summed E-state index contributed by atoms with van der Waals surface area (Å²) in [6, 6.07) is 12.1. The standard InChI is InChI=1S/C16H15BrN2O/c1-10-14(17)8-9-15-18-16(11(2)19(10)15)12-4-6-13(20-3)7-5-12/h4-9H,1-3H3. The van der Waals surface area contributed by atoms with Crippen LogP contribution >= 0.6 is 15.9 Å². The Labute approximate surface area is 126 Å². The number of aromatic nitrogens is 2. The Morgan fingerprint density at radius 3 is 2.35 bits per heavy atom. The second-order valence-corrected chi connectivity index (χ2v) is 5.59. The maximum Gasteiger partial charge on any atom is 0.137 e. The molecule has 0 bridgehead atoms. The fourth-order valence-corrected chi connectivity index (χ4v) is 2.77. The topological polar surface area (TPSA) is 26.5 Å². The summed E-state index contributed by atoms with van der Waals surface area (Å²) >= 11 is 3.57. The largest absolute Gasteiger partial charge is 0.497 e. The van der Waals surface area contributed by atoms with Crippen molar-refractivity contribution in [1.82, 2.24) is 9.38 Å². The molecule has 0 aliphatic carbocycles. The van der Waals surface area contributed by atoms with Gasteiger partial charge in [-0.15, -0.1) is 0 Å². The van der Waals surface area contributed by atoms with Gasteiger partial charge in [-0.2, -0.15) is 0 Å². The molecule has 102 valence electrons. The number of fused-ring (bicyclic) bond motifs is 1. The molecule has 20 heavy (non-hydrogen) atoms. The zero-order valence-electron chi connectivity index (χ0n) is 11.6. The van der Waals surface area contributed by atoms with Crippen LogP contribution in [0.5, 0.6) is 5.75 Å². The molecule has 1 aromatic carbocycles. The highest BCUT2D eigenvalue weighted by molar-refractivity contribution is 9.10. The molecule has 3 nitrogen and oxygen atoms in total. The molecule has 3 aromatic rings. The lowest BCUT2D eigenvalue weighted by Gasteiger charge is -2.05. The number of aryl methyl sites for hydroxylation is 2. The van der Waals surface area contributed by atoms with Gasteiger partial charge in [0.1, 0.15) is 11.4 Å². The molecule has 0 aliphatic rings. The van der Waals surface area contributed by atoms with Gasteiger partial charge in [0, 0.05) is 21.4 Å². The molecule has 2 heterocycles. The van der Waals surface area contributed by atoms with Gasteiger partial charge in [0.15, 0.2) is 0 Å². The van der Waals surface area contributed by atoms with Crippen molar-refractivity contribution in [2.75, 3.05) is 7.11 Å². The van der Waals surface area contributed by atoms with E-state index >= 15 is 0 Å². The van der Waals surface area contributed by atoms with Gasteiger partial charge in [0.25, 0.3) is 0 Å². The third-order valence-corrected chi connectivity index (χ3v) is 4.39. The summed E-state index contributed by atoms with van der Waals surface area (Å²) in [6.07, 6.45) is 0. The van der Waals surface area contributed by atoms with E-state index < -0.39 is 0 Å². The summed E-state index contributed by atoms with van der Waals surface area (Å²) in [6.45, 7) is 4.18. The molecule has 3 rings (SSSR count). The number of imidazole rings is 1. The van der Waals surface area contributed by atoms with Gasteiger partial charge < -0.3 is 4.74 Å². The molecule has 0 aliphatic heterocycles. The predicted molar refractivity (Wildman–Crippen MR) is 84.4 cm³/mol. The van der Waals surface area contributed by atoms with Crippen molar-refractivity contribution in [2.24, 2.45) is 0 Å². The minimum atomic E-state index is 0.856. The first-order chi connectivity index (χ1) is 9.61. The van der Waals surface area contributed by atoms with Crippen molar-refractivity contribution < 1.29 is 4.74 Å². The molecule has 0 radical (unpaired) electrons. The number of nitrogens with zero attached hydrogens (tertiary/aromatic N) is 2. The van der Waals surface area contributed by atoms with Gasteiger partial charge in [0.05, 0.1) is 12.8 Å². The van der Waals surface area contributed by atoms with Gasteiger partial charge in [-0.3, -0.25) is 4.40 Å². The highest BCUT2D eigenvalue weighted by atomic mass is 79.9. The summed E-state index contributed by atoms with van der Waals surface area (Å²) in [5.74, 6) is 0.856. The molecule has 0 saturated heterocycles. The van der Waals surface area contributed by atoms with E-state index in [0.29, 0.717) is 0 Å². The van der Waals surface area contributed by atoms with E-state index in [1.54, 1.807) is 7.11 Å². The first-order valence-corrected chi connectivity index (χ1v) is 7.19. The number of halogens is 1. The Kier molecular flexibility index (Phi) is 3.26. The van der Waals surface area contributed by atoms with Crippen LogP contribution in [0.25, 0.3) is 16.9 Å². The zero-order valence-corrected chi connectivity index (χ0v) is 13.2. The number of pyridine rings is 1. The smallest absolute Gasteiger partial charge is 0.137 e. The molecule has 0 saturated carbocycles. The minimum absolute atomic E-state index is 0.856. The molecule has 0 atom stereocenters. The van der Waals surface area contributed by atoms with Crippen molar-refractivity contribution in [1.29, 1.82) is 0 Å². The van der Waals surface area contributed by atoms with Crippen LogP contribution in [0.4, 0.5) is 0 Å². The van der Waals surface area contributed by atoms with E-state index in [1.165, 1.54) is 0 Å². The Balaban J connectivity index is 2.21. The lowest BCUT2D eigenvalue weighted by molar-refractivity contribution is 0.415. The summed E-state index contributed by atoms with van der Waals surface area (Å²) in [5, 5.41) is 0. The summed E-state index contributed by atoms with van der Waals surface area (Å²) in [7, 11) is 1.67. The molecule has 0 spiro atoms. The van der Waals surface area contributed by atoms with Crippen LogP contribution in [-0.2, 0) is 0 Å². The number of methoxy groups -OCH3 is 1. The average Bonchev–Trinajstić information content (AvgIpc) is 2.81. The van der Waals surface area contributed by atoms with E-state index in [1.807, 2.05) is 36.4 Å². The molecule has 4 heteroatoms. The lowest BCUT2D eigenvalue weighted by Crippen LogP contribution is -1.94. The van der Waals surface area contributed by atoms with Gasteiger partial charge in [-0.25, -0.2) is 4.98 Å². The summed E-state index contributed by atoms with van der Waals surface area (Å²) < 4.78 is 8.46. The molecule has 0 amide bonds. The Bertz CT molecular complexity index is 775. The molecule has 2 aromatic heterocycles. The van der Waals surface area contributed by atoms with Gasteiger partial charge in [0.2, 0.25) is 0 Å². The zero-order chi connectivity index (χ0) is 14.3. The quantitative estimate of drug-likeness (QED) is 0.696. The van der Waals surface area contributed by atoms with Crippen molar-refractivity contribution >= 4 is 21.6 Å². The molecular formula is C16H15BrN2O. The van der Waals surface area contributed by atoms with Gasteiger partial charge in [-0.1, -0.05) is 0 Å². The van der Waals surface area contributed by atoms with Crippen LogP contribution < -0.4 is 4.74 Å². The van der Waals surface area contributed by atoms with E-state index in [2.05, 4.69) is 34.2 Å². The second-order valence-electron chi connectivity index (χ2n) is 4.73. The highest BCUT2D eigenvalue weighted by Gasteiger charge is 2.12. The third-order valence-electron chi connectivity index (χ3n) is 3.56. The fourth-order valence-electron chi connectivity index (χ4n) is 2.46. The highest BCUT2D eigenvalue weighted by Crippen LogP contribution is 2.28. The summed E-state index contributed by atoms with van der Waals surface area (Å²) in [4.78, 5) is 4.74. The summed E-state index contributed by atoms with van der Waals surface area (Å²) in [5.41, 5.74) is 5.38. The van der Waals surface area contributed by atoms with Crippen LogP contribution in [0.1, 0.15) is 11.4 Å². The van der Waals surface area contributed by atoms with Crippen LogP contribution in [0.15, 0.2) is 40.9 Å². The number of rotatable bonds is 2. The van der Waals surface area contributed by atoms with Crippen LogP contribution in [-0.4, -0.2) is 16.5 Å². The maximum absolute atomic E-state index is 5.20. The Hall–Kier alpha value is -1.81. The second kappa shape index (κ2) is 4.94. The number of ether oxygens (including phenoxy) is 1. The maximum atomic E-state index is 5.20. The van der Waals surface area contributed by atoms with Crippen LogP contribution in [0.3, 0.4) is 0 Å². The van der Waals surface area contributed by atoms with Crippen LogP contribution in [0.2, 0.25) is 0 Å². The van der Waals surface area contributed by atoms with Crippen molar-refractivity contribution in [3.05, 3.63) is 52.3 Å². The van der Waals surface area contributed by atoms with Gasteiger partial charge in [-0.05, 0) is 66.2 Å². The monoisotopic (exact) mass is 330 g/mol. The first-order valence-electron chi connectivity index (χ1n) is 6.40. The first kappa shape index (κ1) is 13.2. The van der Waals surface area contributed by atoms with Crippen molar-refractivity contribution in [2.45, 2.75) is 13.8 Å². The number of hydrogen-bond acceptors (Lipinski definition) is 2. The fraction of sp³-hybridized carbons (Fsp3) is 0.188. The third kappa shape index (κ3) is 2.00. The SMILES string of the molecule is COc1ccc(-c2nc3ccc(Br)c(C)n3c2C)cc1. The molecular weight excluding hydrogens is 316 g/mol. The Morgan fingerprint density at radius 1 is 1.00 bits per heavy atom. The van der Waals surface area contributed by atoms with Crippen LogP contribution in [0, 0.1) is 13.8 Å². The number of hydrogen-bond donors (Lipinski definition) is 0. The van der Waals surface area contributed by atoms with Crippen molar-refractivity contribution in [3.63, 3.8) is 0 Å². The minimum Gasteiger partial charge on any atom is -0.497 e. The Morgan fingerprint density at radius 2 is 1.70 bits per heavy atom. The van der Waals surface area contributed by atoms with E-state index in [4.69, 9.17) is 9.72 Å². The molecule has 0 fully saturated rings. The van der Waals surface area contributed by atoms with Gasteiger partial charge >= 0.3 is 0 Å². The predicted octanol–water partition coefficient (Wildman–Crippen LogP) is 4.39.